The van der Waals surface area contributed by atoms with Gasteiger partial charge in [-0.1, -0.05) is 44.0 Å². The Balaban J connectivity index is 1.29. The highest BCUT2D eigenvalue weighted by Gasteiger charge is 2.27. The van der Waals surface area contributed by atoms with Crippen LogP contribution in [0.25, 0.3) is 0 Å². The molecule has 0 spiro atoms. The molecule has 0 aromatic heterocycles. The summed E-state index contributed by atoms with van der Waals surface area (Å²) in [7, 11) is 0. The molecule has 0 N–H and O–H groups in total. The molecule has 2 aromatic carbocycles. The van der Waals surface area contributed by atoms with Crippen LogP contribution in [0, 0.1) is 30.3 Å². The predicted molar refractivity (Wildman–Crippen MR) is 127 cm³/mol. The Morgan fingerprint density at radius 1 is 0.818 bits per heavy atom. The fraction of sp³-hybridized carbons (Fsp3) is 0.586. The van der Waals surface area contributed by atoms with Crippen molar-refractivity contribution in [3.05, 3.63) is 70.0 Å². The Hall–Kier alpha value is -1.81. The molecule has 0 unspecified atom stereocenters. The highest BCUT2D eigenvalue weighted by Crippen LogP contribution is 2.39. The maximum Gasteiger partial charge on any atom is 0.164 e. The maximum atomic E-state index is 14.9. The fourth-order valence-electron chi connectivity index (χ4n) is 5.84. The van der Waals surface area contributed by atoms with E-state index in [-0.39, 0.29) is 24.4 Å². The Morgan fingerprint density at radius 3 is 2.18 bits per heavy atom. The minimum absolute atomic E-state index is 0.0347. The second kappa shape index (κ2) is 11.1. The van der Waals surface area contributed by atoms with Crippen molar-refractivity contribution in [2.75, 3.05) is 0 Å². The zero-order chi connectivity index (χ0) is 23.4. The van der Waals surface area contributed by atoms with E-state index in [0.29, 0.717) is 22.6 Å². The molecule has 2 aliphatic carbocycles. The molecule has 0 amide bonds. The quantitative estimate of drug-likeness (QED) is 0.403. The molecule has 33 heavy (non-hydrogen) atoms. The average Bonchev–Trinajstić information content (AvgIpc) is 2.83. The van der Waals surface area contributed by atoms with Crippen molar-refractivity contribution in [3.63, 3.8) is 0 Å². The van der Waals surface area contributed by atoms with E-state index in [0.717, 1.165) is 62.8 Å². The molecule has 0 saturated heterocycles. The minimum atomic E-state index is -0.744. The van der Waals surface area contributed by atoms with Gasteiger partial charge in [-0.3, -0.25) is 0 Å². The zero-order valence-corrected chi connectivity index (χ0v) is 20.0. The van der Waals surface area contributed by atoms with E-state index in [2.05, 4.69) is 6.92 Å². The maximum absolute atomic E-state index is 14.9. The highest BCUT2D eigenvalue weighted by atomic mass is 19.2. The van der Waals surface area contributed by atoms with Crippen molar-refractivity contribution in [2.24, 2.45) is 5.92 Å². The van der Waals surface area contributed by atoms with E-state index in [9.17, 15) is 13.2 Å². The molecule has 0 radical (unpaired) electrons. The number of rotatable bonds is 7. The lowest BCUT2D eigenvalue weighted by Crippen LogP contribution is -2.21. The molecule has 2 aliphatic rings. The molecule has 2 saturated carbocycles. The van der Waals surface area contributed by atoms with Crippen molar-refractivity contribution < 1.29 is 17.9 Å². The summed E-state index contributed by atoms with van der Waals surface area (Å²) in [4.78, 5) is 0. The van der Waals surface area contributed by atoms with Gasteiger partial charge < -0.3 is 4.74 Å². The van der Waals surface area contributed by atoms with E-state index in [1.165, 1.54) is 12.8 Å². The predicted octanol–water partition coefficient (Wildman–Crippen LogP) is 8.73. The third kappa shape index (κ3) is 5.82. The monoisotopic (exact) mass is 458 g/mol. The van der Waals surface area contributed by atoms with Gasteiger partial charge in [0.15, 0.2) is 11.6 Å². The van der Waals surface area contributed by atoms with Crippen LogP contribution >= 0.6 is 0 Å². The van der Waals surface area contributed by atoms with Crippen molar-refractivity contribution in [1.29, 1.82) is 0 Å². The first-order valence-corrected chi connectivity index (χ1v) is 12.8. The number of ether oxygens (including phenoxy) is 1. The lowest BCUT2D eigenvalue weighted by Gasteiger charge is -2.30. The summed E-state index contributed by atoms with van der Waals surface area (Å²) in [6, 6.07) is 9.00. The first kappa shape index (κ1) is 24.3. The van der Waals surface area contributed by atoms with Crippen LogP contribution < -0.4 is 0 Å². The van der Waals surface area contributed by atoms with Crippen LogP contribution in [0.4, 0.5) is 13.2 Å². The van der Waals surface area contributed by atoms with Crippen LogP contribution in [0.1, 0.15) is 105 Å². The molecular weight excluding hydrogens is 421 g/mol. The molecule has 2 fully saturated rings. The van der Waals surface area contributed by atoms with Crippen molar-refractivity contribution >= 4 is 0 Å². The third-order valence-corrected chi connectivity index (χ3v) is 7.99. The standard InChI is InChI=1S/C29H37F3O/c1-3-4-20-6-9-22(10-7-20)26-16-13-24(28(31)29(26)32)18-33-25-14-11-21(12-15-25)23-8-5-19(2)27(30)17-23/h5,8,13,16-17,20-22,25H,3-4,6-7,9-12,14-15,18H2,1-2H3. The van der Waals surface area contributed by atoms with Crippen molar-refractivity contribution in [3.8, 4) is 0 Å². The van der Waals surface area contributed by atoms with Gasteiger partial charge >= 0.3 is 0 Å². The van der Waals surface area contributed by atoms with Crippen LogP contribution in [0.5, 0.6) is 0 Å². The zero-order valence-electron chi connectivity index (χ0n) is 20.0. The van der Waals surface area contributed by atoms with Gasteiger partial charge in [0.1, 0.15) is 5.82 Å². The molecule has 0 bridgehead atoms. The minimum Gasteiger partial charge on any atom is -0.373 e. The Labute approximate surface area is 196 Å². The second-order valence-corrected chi connectivity index (χ2v) is 10.2. The normalized spacial score (nSPS) is 25.8. The van der Waals surface area contributed by atoms with Crippen molar-refractivity contribution in [1.82, 2.24) is 0 Å². The SMILES string of the molecule is CCCC1CCC(c2ccc(COC3CCC(c4ccc(C)c(F)c4)CC3)c(F)c2F)CC1. The van der Waals surface area contributed by atoms with Crippen LogP contribution in [0.2, 0.25) is 0 Å². The number of hydrogen-bond donors (Lipinski definition) is 0. The van der Waals surface area contributed by atoms with E-state index in [1.807, 2.05) is 12.1 Å². The van der Waals surface area contributed by atoms with Crippen LogP contribution in [-0.2, 0) is 11.3 Å². The highest BCUT2D eigenvalue weighted by molar-refractivity contribution is 5.29. The summed E-state index contributed by atoms with van der Waals surface area (Å²) >= 11 is 0. The topological polar surface area (TPSA) is 9.23 Å². The molecule has 0 heterocycles. The van der Waals surface area contributed by atoms with Gasteiger partial charge in [0, 0.05) is 5.56 Å². The third-order valence-electron chi connectivity index (χ3n) is 7.99. The first-order valence-electron chi connectivity index (χ1n) is 12.8. The largest absolute Gasteiger partial charge is 0.373 e. The first-order chi connectivity index (χ1) is 16.0. The Morgan fingerprint density at radius 2 is 1.52 bits per heavy atom. The van der Waals surface area contributed by atoms with Crippen LogP contribution in [-0.4, -0.2) is 6.10 Å². The lowest BCUT2D eigenvalue weighted by molar-refractivity contribution is 0.0118. The number of aryl methyl sites for hydroxylation is 1. The fourth-order valence-corrected chi connectivity index (χ4v) is 5.84. The van der Waals surface area contributed by atoms with Crippen LogP contribution in [0.3, 0.4) is 0 Å². The Bertz CT molecular complexity index is 925. The van der Waals surface area contributed by atoms with Gasteiger partial charge in [0.05, 0.1) is 12.7 Å². The van der Waals surface area contributed by atoms with Gasteiger partial charge in [-0.25, -0.2) is 13.2 Å². The van der Waals surface area contributed by atoms with E-state index >= 15 is 0 Å². The van der Waals surface area contributed by atoms with Gasteiger partial charge in [-0.15, -0.1) is 0 Å². The molecular formula is C29H37F3O. The lowest BCUT2D eigenvalue weighted by atomic mass is 9.77. The van der Waals surface area contributed by atoms with Crippen LogP contribution in [0.15, 0.2) is 30.3 Å². The summed E-state index contributed by atoms with van der Waals surface area (Å²) in [5.74, 6) is -0.370. The smallest absolute Gasteiger partial charge is 0.164 e. The molecule has 180 valence electrons. The summed E-state index contributed by atoms with van der Waals surface area (Å²) < 4.78 is 49.6. The second-order valence-electron chi connectivity index (χ2n) is 10.2. The molecule has 1 nitrogen and oxygen atoms in total. The van der Waals surface area contributed by atoms with Gasteiger partial charge in [0.2, 0.25) is 0 Å². The average molecular weight is 459 g/mol. The molecule has 4 heteroatoms. The molecule has 0 atom stereocenters. The van der Waals surface area contributed by atoms with E-state index in [1.54, 1.807) is 25.1 Å². The summed E-state index contributed by atoms with van der Waals surface area (Å²) in [5.41, 5.74) is 2.56. The van der Waals surface area contributed by atoms with Gasteiger partial charge in [-0.2, -0.15) is 0 Å². The number of benzene rings is 2. The summed E-state index contributed by atoms with van der Waals surface area (Å²) in [5, 5.41) is 0. The van der Waals surface area contributed by atoms with Gasteiger partial charge in [-0.05, 0) is 98.8 Å². The van der Waals surface area contributed by atoms with E-state index in [4.69, 9.17) is 4.74 Å². The van der Waals surface area contributed by atoms with Crippen molar-refractivity contribution in [2.45, 2.75) is 103 Å². The van der Waals surface area contributed by atoms with Gasteiger partial charge in [0.25, 0.3) is 0 Å². The molecule has 4 rings (SSSR count). The molecule has 2 aromatic rings. The number of hydrogen-bond acceptors (Lipinski definition) is 1. The number of halogens is 3. The van der Waals surface area contributed by atoms with E-state index < -0.39 is 11.6 Å². The summed E-state index contributed by atoms with van der Waals surface area (Å²) in [6.45, 7) is 4.08. The molecule has 0 aliphatic heterocycles. The Kier molecular flexibility index (Phi) is 8.16. The summed E-state index contributed by atoms with van der Waals surface area (Å²) in [6.07, 6.45) is 10.1.